The van der Waals surface area contributed by atoms with Gasteiger partial charge < -0.3 is 5.73 Å². The molecule has 21 heavy (non-hydrogen) atoms. The van der Waals surface area contributed by atoms with E-state index in [4.69, 9.17) is 17.3 Å². The fourth-order valence-corrected chi connectivity index (χ4v) is 3.14. The van der Waals surface area contributed by atoms with Gasteiger partial charge in [-0.2, -0.15) is 5.10 Å². The van der Waals surface area contributed by atoms with Gasteiger partial charge in [-0.15, -0.1) is 0 Å². The number of nitrogens with zero attached hydrogens (tertiary/aromatic N) is 2. The fraction of sp³-hybridized carbons (Fsp3) is 0.308. The minimum absolute atomic E-state index is 0.0937. The summed E-state index contributed by atoms with van der Waals surface area (Å²) >= 11 is 6.04. The molecular formula is C13H17ClN4O2S. The summed E-state index contributed by atoms with van der Waals surface area (Å²) in [6, 6.07) is 5.12. The molecule has 0 aliphatic carbocycles. The monoisotopic (exact) mass is 328 g/mol. The summed E-state index contributed by atoms with van der Waals surface area (Å²) in [5, 5.41) is 4.36. The second-order valence-corrected chi connectivity index (χ2v) is 6.76. The number of nitrogens with two attached hydrogens (primary N) is 1. The van der Waals surface area contributed by atoms with Crippen molar-refractivity contribution in [1.29, 1.82) is 0 Å². The van der Waals surface area contributed by atoms with Crippen LogP contribution >= 0.6 is 11.6 Å². The van der Waals surface area contributed by atoms with Gasteiger partial charge in [0.15, 0.2) is 0 Å². The Kier molecular flexibility index (Phi) is 4.87. The second kappa shape index (κ2) is 6.46. The number of benzene rings is 1. The zero-order valence-corrected chi connectivity index (χ0v) is 13.2. The van der Waals surface area contributed by atoms with Crippen LogP contribution in [0.25, 0.3) is 0 Å². The molecule has 0 unspecified atom stereocenters. The van der Waals surface area contributed by atoms with Crippen molar-refractivity contribution in [1.82, 2.24) is 9.78 Å². The molecule has 3 N–H and O–H groups in total. The lowest BCUT2D eigenvalue weighted by molar-refractivity contribution is 0.582. The largest absolute Gasteiger partial charge is 0.330 e. The maximum Gasteiger partial charge on any atom is 0.265 e. The van der Waals surface area contributed by atoms with Crippen molar-refractivity contribution in [3.05, 3.63) is 41.2 Å². The molecule has 0 fully saturated rings. The highest BCUT2D eigenvalue weighted by Crippen LogP contribution is 2.25. The summed E-state index contributed by atoms with van der Waals surface area (Å²) in [6.07, 6.45) is 3.51. The Morgan fingerprint density at radius 1 is 1.43 bits per heavy atom. The Hall–Kier alpha value is -1.57. The van der Waals surface area contributed by atoms with Gasteiger partial charge in [0.1, 0.15) is 4.90 Å². The van der Waals surface area contributed by atoms with Crippen LogP contribution in [0.1, 0.15) is 12.0 Å². The van der Waals surface area contributed by atoms with Crippen molar-refractivity contribution in [3.63, 3.8) is 0 Å². The molecular weight excluding hydrogens is 312 g/mol. The quantitative estimate of drug-likeness (QED) is 0.848. The zero-order valence-electron chi connectivity index (χ0n) is 11.6. The molecule has 114 valence electrons. The van der Waals surface area contributed by atoms with E-state index in [0.29, 0.717) is 23.8 Å². The lowest BCUT2D eigenvalue weighted by Crippen LogP contribution is -2.13. The van der Waals surface area contributed by atoms with Gasteiger partial charge in [-0.1, -0.05) is 17.7 Å². The number of rotatable bonds is 6. The zero-order chi connectivity index (χ0) is 15.5. The van der Waals surface area contributed by atoms with E-state index >= 15 is 0 Å². The van der Waals surface area contributed by atoms with Gasteiger partial charge in [0.2, 0.25) is 0 Å². The van der Waals surface area contributed by atoms with Gasteiger partial charge in [-0.25, -0.2) is 8.42 Å². The molecule has 0 saturated heterocycles. The molecule has 0 aliphatic heterocycles. The topological polar surface area (TPSA) is 90.0 Å². The molecule has 0 bridgehead atoms. The number of nitrogens with one attached hydrogen (secondary N) is 1. The molecule has 0 amide bonds. The van der Waals surface area contributed by atoms with E-state index in [1.165, 1.54) is 12.4 Å². The molecule has 0 saturated carbocycles. The lowest BCUT2D eigenvalue weighted by Gasteiger charge is -2.08. The van der Waals surface area contributed by atoms with Crippen molar-refractivity contribution in [2.45, 2.75) is 24.8 Å². The first-order chi connectivity index (χ1) is 9.92. The van der Waals surface area contributed by atoms with Crippen LogP contribution in [0.5, 0.6) is 0 Å². The van der Waals surface area contributed by atoms with Crippen molar-refractivity contribution in [2.75, 3.05) is 11.3 Å². The minimum atomic E-state index is -3.70. The molecule has 0 aliphatic rings. The molecule has 0 radical (unpaired) electrons. The molecule has 1 aromatic carbocycles. The number of hydrogen-bond acceptors (Lipinski definition) is 4. The van der Waals surface area contributed by atoms with Crippen LogP contribution in [0.15, 0.2) is 35.5 Å². The van der Waals surface area contributed by atoms with Crippen molar-refractivity contribution in [3.8, 4) is 0 Å². The van der Waals surface area contributed by atoms with Crippen LogP contribution in [0, 0.1) is 6.92 Å². The molecule has 0 atom stereocenters. The second-order valence-electron chi connectivity index (χ2n) is 4.67. The van der Waals surface area contributed by atoms with Gasteiger partial charge in [0.25, 0.3) is 10.0 Å². The van der Waals surface area contributed by atoms with Gasteiger partial charge in [0.05, 0.1) is 16.9 Å². The maximum absolute atomic E-state index is 12.3. The Morgan fingerprint density at radius 3 is 2.86 bits per heavy atom. The Balaban J connectivity index is 2.19. The van der Waals surface area contributed by atoms with Crippen LogP contribution in [-0.2, 0) is 16.6 Å². The third-order valence-electron chi connectivity index (χ3n) is 2.88. The molecule has 2 aromatic rings. The van der Waals surface area contributed by atoms with Crippen molar-refractivity contribution >= 4 is 27.3 Å². The van der Waals surface area contributed by atoms with Crippen LogP contribution in [0.2, 0.25) is 5.02 Å². The summed E-state index contributed by atoms with van der Waals surface area (Å²) in [7, 11) is -3.70. The first-order valence-corrected chi connectivity index (χ1v) is 8.30. The highest BCUT2D eigenvalue weighted by Gasteiger charge is 2.18. The summed E-state index contributed by atoms with van der Waals surface area (Å²) in [5.74, 6) is 0. The first-order valence-electron chi connectivity index (χ1n) is 6.44. The minimum Gasteiger partial charge on any atom is -0.330 e. The van der Waals surface area contributed by atoms with Crippen LogP contribution in [-0.4, -0.2) is 24.7 Å². The van der Waals surface area contributed by atoms with Gasteiger partial charge >= 0.3 is 0 Å². The maximum atomic E-state index is 12.3. The predicted octanol–water partition coefficient (Wildman–Crippen LogP) is 1.99. The number of aryl methyl sites for hydroxylation is 2. The molecule has 8 heteroatoms. The Bertz CT molecular complexity index is 728. The van der Waals surface area contributed by atoms with Crippen LogP contribution in [0.3, 0.4) is 0 Å². The number of sulfonamides is 1. The summed E-state index contributed by atoms with van der Waals surface area (Å²) in [4.78, 5) is 0.0937. The molecule has 2 rings (SSSR count). The highest BCUT2D eigenvalue weighted by molar-refractivity contribution is 7.92. The van der Waals surface area contributed by atoms with Crippen molar-refractivity contribution in [2.24, 2.45) is 5.73 Å². The van der Waals surface area contributed by atoms with E-state index in [1.54, 1.807) is 22.9 Å². The van der Waals surface area contributed by atoms with Gasteiger partial charge in [0, 0.05) is 12.7 Å². The van der Waals surface area contributed by atoms with E-state index in [9.17, 15) is 8.42 Å². The standard InChI is InChI=1S/C13H17ClN4O2S/c1-10-3-4-13(12(14)7-10)17-21(19,20)11-8-16-18(9-11)6-2-5-15/h3-4,7-9,17H,2,5-6,15H2,1H3. The van der Waals surface area contributed by atoms with Gasteiger partial charge in [-0.05, 0) is 37.6 Å². The summed E-state index contributed by atoms with van der Waals surface area (Å²) in [5.41, 5.74) is 6.71. The van der Waals surface area contributed by atoms with E-state index in [2.05, 4.69) is 9.82 Å². The average molecular weight is 329 g/mol. The van der Waals surface area contributed by atoms with E-state index in [1.807, 2.05) is 6.92 Å². The van der Waals surface area contributed by atoms with Crippen molar-refractivity contribution < 1.29 is 8.42 Å². The van der Waals surface area contributed by atoms with E-state index < -0.39 is 10.0 Å². The summed E-state index contributed by atoms with van der Waals surface area (Å²) in [6.45, 7) is 2.99. The first kappa shape index (κ1) is 15.8. The average Bonchev–Trinajstić information content (AvgIpc) is 2.89. The number of aromatic nitrogens is 2. The molecule has 1 aromatic heterocycles. The Labute approximate surface area is 129 Å². The normalized spacial score (nSPS) is 11.6. The SMILES string of the molecule is Cc1ccc(NS(=O)(=O)c2cnn(CCCN)c2)c(Cl)c1. The predicted molar refractivity (Wildman–Crippen MR) is 82.9 cm³/mol. The number of hydrogen-bond donors (Lipinski definition) is 2. The summed E-state index contributed by atoms with van der Waals surface area (Å²) < 4.78 is 28.6. The molecule has 6 nitrogen and oxygen atoms in total. The van der Waals surface area contributed by atoms with Gasteiger partial charge in [-0.3, -0.25) is 9.40 Å². The van der Waals surface area contributed by atoms with Crippen LogP contribution < -0.4 is 10.5 Å². The van der Waals surface area contributed by atoms with E-state index in [-0.39, 0.29) is 4.90 Å². The number of halogens is 1. The fourth-order valence-electron chi connectivity index (χ4n) is 1.77. The molecule has 1 heterocycles. The Morgan fingerprint density at radius 2 is 2.19 bits per heavy atom. The third kappa shape index (κ3) is 3.96. The number of anilines is 1. The molecule has 0 spiro atoms. The highest BCUT2D eigenvalue weighted by atomic mass is 35.5. The third-order valence-corrected chi connectivity index (χ3v) is 4.51. The lowest BCUT2D eigenvalue weighted by atomic mass is 10.2. The van der Waals surface area contributed by atoms with Crippen LogP contribution in [0.4, 0.5) is 5.69 Å². The smallest absolute Gasteiger partial charge is 0.265 e. The van der Waals surface area contributed by atoms with E-state index in [0.717, 1.165) is 12.0 Å².